The third-order valence-electron chi connectivity index (χ3n) is 7.58. The predicted molar refractivity (Wildman–Crippen MR) is 156 cm³/mol. The molecule has 0 spiro atoms. The Morgan fingerprint density at radius 1 is 0.361 bits per heavy atom. The molecule has 0 aliphatic heterocycles. The molecule has 170 valence electrons. The summed E-state index contributed by atoms with van der Waals surface area (Å²) >= 11 is 0. The lowest BCUT2D eigenvalue weighted by molar-refractivity contribution is 1.08. The molecule has 1 aliphatic carbocycles. The average Bonchev–Trinajstić information content (AvgIpc) is 2.96. The Labute approximate surface area is 211 Å². The van der Waals surface area contributed by atoms with Crippen LogP contribution in [-0.2, 0) is 0 Å². The van der Waals surface area contributed by atoms with E-state index < -0.39 is 0 Å². The minimum atomic E-state index is 1.05. The number of allylic oxidation sites excluding steroid dienone is 4. The van der Waals surface area contributed by atoms with Crippen LogP contribution in [0.2, 0.25) is 0 Å². The summed E-state index contributed by atoms with van der Waals surface area (Å²) in [5.74, 6) is 0. The molecule has 36 heavy (non-hydrogen) atoms. The number of rotatable bonds is 3. The molecule has 0 radical (unpaired) electrons. The van der Waals surface area contributed by atoms with E-state index in [0.717, 1.165) is 12.8 Å². The number of hydrogen-bond donors (Lipinski definition) is 0. The molecule has 6 aromatic rings. The molecule has 0 saturated heterocycles. The minimum Gasteiger partial charge on any atom is -0.0622 e. The second-order valence-electron chi connectivity index (χ2n) is 9.65. The largest absolute Gasteiger partial charge is 0.0622 e. The lowest BCUT2D eigenvalue weighted by Crippen LogP contribution is -1.97. The van der Waals surface area contributed by atoms with Gasteiger partial charge in [-0.1, -0.05) is 127 Å². The van der Waals surface area contributed by atoms with Crippen molar-refractivity contribution in [1.29, 1.82) is 0 Å². The molecule has 0 heteroatoms. The van der Waals surface area contributed by atoms with E-state index in [1.165, 1.54) is 65.7 Å². The fourth-order valence-corrected chi connectivity index (χ4v) is 5.87. The van der Waals surface area contributed by atoms with Gasteiger partial charge in [0.1, 0.15) is 0 Å². The monoisotopic (exact) mass is 458 g/mol. The van der Waals surface area contributed by atoms with Crippen LogP contribution in [0.3, 0.4) is 0 Å². The summed E-state index contributed by atoms with van der Waals surface area (Å²) < 4.78 is 0. The fourth-order valence-electron chi connectivity index (χ4n) is 5.87. The van der Waals surface area contributed by atoms with Crippen molar-refractivity contribution in [2.75, 3.05) is 0 Å². The van der Waals surface area contributed by atoms with Crippen molar-refractivity contribution in [2.45, 2.75) is 12.8 Å². The van der Waals surface area contributed by atoms with E-state index in [1.54, 1.807) is 0 Å². The molecule has 0 unspecified atom stereocenters. The third kappa shape index (κ3) is 3.46. The summed E-state index contributed by atoms with van der Waals surface area (Å²) in [5, 5.41) is 7.87. The maximum atomic E-state index is 2.36. The van der Waals surface area contributed by atoms with Gasteiger partial charge in [-0.3, -0.25) is 0 Å². The highest BCUT2D eigenvalue weighted by molar-refractivity contribution is 6.19. The van der Waals surface area contributed by atoms with Gasteiger partial charge < -0.3 is 0 Å². The average molecular weight is 459 g/mol. The first-order chi connectivity index (χ1) is 17.9. The van der Waals surface area contributed by atoms with E-state index in [9.17, 15) is 0 Å². The lowest BCUT2D eigenvalue weighted by Gasteiger charge is -2.21. The summed E-state index contributed by atoms with van der Waals surface area (Å²) in [6, 6.07) is 44.2. The number of fused-ring (bicyclic) bond motifs is 3. The fraction of sp³-hybridized carbons (Fsp3) is 0.0556. The zero-order chi connectivity index (χ0) is 23.9. The zero-order valence-corrected chi connectivity index (χ0v) is 20.1. The van der Waals surface area contributed by atoms with Crippen LogP contribution in [0.25, 0.3) is 54.6 Å². The van der Waals surface area contributed by atoms with Gasteiger partial charge in [-0.15, -0.1) is 0 Å². The molecule has 0 atom stereocenters. The van der Waals surface area contributed by atoms with Crippen molar-refractivity contribution in [1.82, 2.24) is 0 Å². The van der Waals surface area contributed by atoms with Gasteiger partial charge in [-0.2, -0.15) is 0 Å². The van der Waals surface area contributed by atoms with Crippen molar-refractivity contribution in [2.24, 2.45) is 0 Å². The molecule has 0 bridgehead atoms. The summed E-state index contributed by atoms with van der Waals surface area (Å²) in [4.78, 5) is 0. The Morgan fingerprint density at radius 3 is 1.53 bits per heavy atom. The van der Waals surface area contributed by atoms with Gasteiger partial charge in [0.2, 0.25) is 0 Å². The molecule has 0 heterocycles. The van der Waals surface area contributed by atoms with E-state index in [-0.39, 0.29) is 0 Å². The van der Waals surface area contributed by atoms with Crippen molar-refractivity contribution in [3.8, 4) is 11.1 Å². The maximum absolute atomic E-state index is 2.36. The van der Waals surface area contributed by atoms with E-state index >= 15 is 0 Å². The Bertz CT molecular complexity index is 1760. The highest BCUT2D eigenvalue weighted by Gasteiger charge is 2.19. The topological polar surface area (TPSA) is 0 Å². The van der Waals surface area contributed by atoms with Crippen molar-refractivity contribution in [3.05, 3.63) is 145 Å². The quantitative estimate of drug-likeness (QED) is 0.231. The van der Waals surface area contributed by atoms with Crippen LogP contribution in [0.15, 0.2) is 133 Å². The van der Waals surface area contributed by atoms with Gasteiger partial charge >= 0.3 is 0 Å². The van der Waals surface area contributed by atoms with Crippen molar-refractivity contribution >= 4 is 43.5 Å². The molecule has 0 saturated carbocycles. The summed E-state index contributed by atoms with van der Waals surface area (Å²) in [6.45, 7) is 0. The lowest BCUT2D eigenvalue weighted by atomic mass is 9.82. The summed E-state index contributed by atoms with van der Waals surface area (Å²) in [6.07, 6.45) is 6.79. The van der Waals surface area contributed by atoms with Crippen molar-refractivity contribution in [3.63, 3.8) is 0 Å². The van der Waals surface area contributed by atoms with E-state index in [1.807, 2.05) is 0 Å². The van der Waals surface area contributed by atoms with Gasteiger partial charge in [0.15, 0.2) is 0 Å². The van der Waals surface area contributed by atoms with Crippen LogP contribution in [0, 0.1) is 0 Å². The highest BCUT2D eigenvalue weighted by Crippen LogP contribution is 2.44. The first kappa shape index (κ1) is 20.9. The number of benzene rings is 6. The first-order valence-electron chi connectivity index (χ1n) is 12.7. The second kappa shape index (κ2) is 8.66. The van der Waals surface area contributed by atoms with Gasteiger partial charge in [0.25, 0.3) is 0 Å². The van der Waals surface area contributed by atoms with E-state index in [4.69, 9.17) is 0 Å². The third-order valence-corrected chi connectivity index (χ3v) is 7.58. The van der Waals surface area contributed by atoms with Crippen LogP contribution in [0.1, 0.15) is 24.0 Å². The van der Waals surface area contributed by atoms with Gasteiger partial charge in [-0.25, -0.2) is 0 Å². The summed E-state index contributed by atoms with van der Waals surface area (Å²) in [5.41, 5.74) is 8.15. The van der Waals surface area contributed by atoms with Crippen LogP contribution in [0.5, 0.6) is 0 Å². The Kier molecular flexibility index (Phi) is 5.03. The van der Waals surface area contributed by atoms with Crippen molar-refractivity contribution < 1.29 is 0 Å². The minimum absolute atomic E-state index is 1.05. The molecule has 6 aromatic carbocycles. The van der Waals surface area contributed by atoms with E-state index in [2.05, 4.69) is 133 Å². The molecule has 0 aromatic heterocycles. The second-order valence-corrected chi connectivity index (χ2v) is 9.65. The molecule has 0 N–H and O–H groups in total. The van der Waals surface area contributed by atoms with Crippen LogP contribution in [-0.4, -0.2) is 0 Å². The number of hydrogen-bond acceptors (Lipinski definition) is 0. The SMILES string of the molecule is C1=C(c2ccccc2)CCC(c2c3ccccc3c(-c3ccc4ccccc4c3)c3ccccc23)=C1. The molecular formula is C36H26. The molecule has 0 fully saturated rings. The first-order valence-corrected chi connectivity index (χ1v) is 12.7. The molecule has 0 amide bonds. The van der Waals surface area contributed by atoms with Gasteiger partial charge in [0.05, 0.1) is 0 Å². The Hall–Kier alpha value is -4.42. The normalized spacial score (nSPS) is 13.7. The Balaban J connectivity index is 1.49. The smallest absolute Gasteiger partial charge is 0.00262 e. The standard InChI is InChI=1S/C36H26/c1-2-10-25(11-3-1)27-18-21-28(22-19-27)35-31-14-6-8-16-33(31)36(34-17-9-7-15-32(34)35)30-23-20-26-12-4-5-13-29(26)24-30/h1-18,20-21,23-24H,19,22H2. The summed E-state index contributed by atoms with van der Waals surface area (Å²) in [7, 11) is 0. The molecule has 0 nitrogen and oxygen atoms in total. The van der Waals surface area contributed by atoms with Crippen LogP contribution < -0.4 is 0 Å². The Morgan fingerprint density at radius 2 is 0.889 bits per heavy atom. The van der Waals surface area contributed by atoms with Crippen LogP contribution >= 0.6 is 0 Å². The molecule has 7 rings (SSSR count). The van der Waals surface area contributed by atoms with Gasteiger partial charge in [0, 0.05) is 0 Å². The zero-order valence-electron chi connectivity index (χ0n) is 20.1. The molecule has 1 aliphatic rings. The predicted octanol–water partition coefficient (Wildman–Crippen LogP) is 10.1. The van der Waals surface area contributed by atoms with Crippen LogP contribution in [0.4, 0.5) is 0 Å². The highest BCUT2D eigenvalue weighted by atomic mass is 14.2. The maximum Gasteiger partial charge on any atom is -0.00262 e. The van der Waals surface area contributed by atoms with E-state index in [0.29, 0.717) is 0 Å². The van der Waals surface area contributed by atoms with Gasteiger partial charge in [-0.05, 0) is 84.6 Å². The molecular weight excluding hydrogens is 432 g/mol.